The van der Waals surface area contributed by atoms with Gasteiger partial charge in [-0.25, -0.2) is 9.37 Å². The fraction of sp³-hybridized carbons (Fsp3) is 0.270. The van der Waals surface area contributed by atoms with Crippen molar-refractivity contribution in [2.45, 2.75) is 63.5 Å². The minimum atomic E-state index is -0.492. The Morgan fingerprint density at radius 1 is 0.722 bits per heavy atom. The van der Waals surface area contributed by atoms with Crippen LogP contribution < -0.4 is 10.6 Å². The zero-order valence-corrected chi connectivity index (χ0v) is 30.6. The van der Waals surface area contributed by atoms with Crippen LogP contribution in [-0.4, -0.2) is 60.9 Å². The highest BCUT2D eigenvalue weighted by atomic mass is 32.1. The van der Waals surface area contributed by atoms with Crippen LogP contribution in [0.25, 0.3) is 27.1 Å². The summed E-state index contributed by atoms with van der Waals surface area (Å²) in [6, 6.07) is 10.8. The van der Waals surface area contributed by atoms with Gasteiger partial charge in [-0.1, -0.05) is 0 Å². The summed E-state index contributed by atoms with van der Waals surface area (Å²) in [5, 5.41) is 25.9. The molecule has 14 nitrogen and oxygen atoms in total. The summed E-state index contributed by atoms with van der Waals surface area (Å²) < 4.78 is 19.4. The first-order valence-corrected chi connectivity index (χ1v) is 19.3. The van der Waals surface area contributed by atoms with E-state index in [1.807, 2.05) is 39.9 Å². The maximum atomic E-state index is 13.1. The Balaban J connectivity index is 0.000000149. The third-order valence-electron chi connectivity index (χ3n) is 9.40. The van der Waals surface area contributed by atoms with Gasteiger partial charge in [0.05, 0.1) is 38.8 Å². The van der Waals surface area contributed by atoms with Crippen molar-refractivity contribution in [1.82, 2.24) is 49.0 Å². The molecule has 0 spiro atoms. The van der Waals surface area contributed by atoms with Crippen LogP contribution in [-0.2, 0) is 0 Å². The maximum Gasteiger partial charge on any atom is 0.274 e. The zero-order chi connectivity index (χ0) is 36.8. The largest absolute Gasteiger partial charge is 0.320 e. The van der Waals surface area contributed by atoms with Crippen LogP contribution in [0.15, 0.2) is 78.5 Å². The Kier molecular flexibility index (Phi) is 8.86. The smallest absolute Gasteiger partial charge is 0.274 e. The molecule has 17 heteroatoms. The number of nitrogens with one attached hydrogen (secondary N) is 2. The van der Waals surface area contributed by atoms with E-state index < -0.39 is 11.7 Å². The van der Waals surface area contributed by atoms with Gasteiger partial charge in [0.15, 0.2) is 11.6 Å². The lowest BCUT2D eigenvalue weighted by Crippen LogP contribution is -2.13. The van der Waals surface area contributed by atoms with Crippen LogP contribution in [0.3, 0.4) is 0 Å². The van der Waals surface area contributed by atoms with Crippen molar-refractivity contribution in [3.05, 3.63) is 107 Å². The second-order valence-corrected chi connectivity index (χ2v) is 15.3. The normalized spacial score (nSPS) is 15.1. The number of halogens is 1. The van der Waals surface area contributed by atoms with E-state index in [1.165, 1.54) is 49.3 Å². The number of nitrogens with zero attached hydrogens (tertiary/aromatic N) is 10. The monoisotopic (exact) mass is 760 g/mol. The lowest BCUT2D eigenvalue weighted by atomic mass is 10.2. The van der Waals surface area contributed by atoms with E-state index in [-0.39, 0.29) is 11.6 Å². The molecule has 7 heterocycles. The van der Waals surface area contributed by atoms with Crippen molar-refractivity contribution in [3.8, 4) is 27.1 Å². The van der Waals surface area contributed by atoms with Crippen molar-refractivity contribution in [3.63, 3.8) is 0 Å². The van der Waals surface area contributed by atoms with Crippen LogP contribution in [0.5, 0.6) is 0 Å². The number of amides is 2. The number of hydrogen-bond donors (Lipinski definition) is 2. The Bertz CT molecular complexity index is 2490. The maximum absolute atomic E-state index is 13.1. The topological polar surface area (TPSA) is 163 Å². The summed E-state index contributed by atoms with van der Waals surface area (Å²) in [6.45, 7) is 2.08. The minimum absolute atomic E-state index is 0.0406. The predicted octanol–water partition coefficient (Wildman–Crippen LogP) is 7.49. The second-order valence-electron chi connectivity index (χ2n) is 13.5. The molecule has 0 atom stereocenters. The molecule has 3 aliphatic rings. The van der Waals surface area contributed by atoms with Gasteiger partial charge in [0.25, 0.3) is 11.8 Å². The lowest BCUT2D eigenvalue weighted by molar-refractivity contribution is 0.101. The average Bonchev–Trinajstić information content (AvgIpc) is 4.14. The molecule has 0 aromatic carbocycles. The molecule has 54 heavy (non-hydrogen) atoms. The van der Waals surface area contributed by atoms with Crippen LogP contribution in [0, 0.1) is 12.7 Å². The van der Waals surface area contributed by atoms with Gasteiger partial charge < -0.3 is 24.3 Å². The summed E-state index contributed by atoms with van der Waals surface area (Å²) in [5.74, 6) is 1.07. The van der Waals surface area contributed by atoms with Crippen molar-refractivity contribution >= 4 is 45.9 Å². The average molecular weight is 761 g/mol. The van der Waals surface area contributed by atoms with Crippen molar-refractivity contribution < 1.29 is 14.0 Å². The summed E-state index contributed by atoms with van der Waals surface area (Å²) in [7, 11) is 0. The molecular formula is C37H33FN12O2S2. The van der Waals surface area contributed by atoms with Gasteiger partial charge in [0.1, 0.15) is 29.9 Å². The number of imidazole rings is 1. The Hall–Kier alpha value is -5.94. The number of thiophene rings is 2. The van der Waals surface area contributed by atoms with E-state index in [9.17, 15) is 14.0 Å². The molecule has 2 N–H and O–H groups in total. The Labute approximate surface area is 316 Å². The molecule has 2 amide bonds. The molecule has 7 aromatic heterocycles. The molecule has 3 fully saturated rings. The van der Waals surface area contributed by atoms with E-state index in [1.54, 1.807) is 36.3 Å². The number of pyridine rings is 2. The molecule has 0 unspecified atom stereocenters. The van der Waals surface area contributed by atoms with Gasteiger partial charge in [0, 0.05) is 52.9 Å². The highest BCUT2D eigenvalue weighted by Gasteiger charge is 2.30. The number of carbonyl (C=O) groups excluding carboxylic acids is 2. The van der Waals surface area contributed by atoms with Gasteiger partial charge in [0.2, 0.25) is 0 Å². The molecule has 0 bridgehead atoms. The number of hydrogen-bond acceptors (Lipinski definition) is 11. The van der Waals surface area contributed by atoms with Crippen LogP contribution in [0.1, 0.15) is 88.9 Å². The number of aromatic nitrogens is 10. The highest BCUT2D eigenvalue weighted by molar-refractivity contribution is 7.14. The predicted molar refractivity (Wildman–Crippen MR) is 201 cm³/mol. The quantitative estimate of drug-likeness (QED) is 0.144. The second kappa shape index (κ2) is 14.1. The van der Waals surface area contributed by atoms with E-state index in [0.29, 0.717) is 29.4 Å². The molecule has 272 valence electrons. The Morgan fingerprint density at radius 3 is 1.81 bits per heavy atom. The number of carbonyl (C=O) groups is 2. The first-order chi connectivity index (χ1) is 26.4. The van der Waals surface area contributed by atoms with Crippen molar-refractivity contribution in [1.29, 1.82) is 0 Å². The molecule has 0 aliphatic heterocycles. The third-order valence-corrected chi connectivity index (χ3v) is 11.3. The summed E-state index contributed by atoms with van der Waals surface area (Å²) in [6.07, 6.45) is 15.3. The first-order valence-electron chi connectivity index (χ1n) is 17.6. The van der Waals surface area contributed by atoms with Crippen LogP contribution in [0.4, 0.5) is 15.8 Å². The fourth-order valence-corrected chi connectivity index (χ4v) is 7.82. The summed E-state index contributed by atoms with van der Waals surface area (Å²) in [5.41, 5.74) is 4.95. The SMILES string of the molecule is Cc1c(C2CC2)ncn1-c1ccnc(C(=O)Nc2csc(-c3nncn3C3CC3)c2)c1.O=C(Nc1csc(-c2nncn2C2CC2)c1)c1cc(F)ccn1. The molecule has 0 saturated heterocycles. The third kappa shape index (κ3) is 7.19. The fourth-order valence-electron chi connectivity index (χ4n) is 6.17. The molecule has 3 saturated carbocycles. The number of rotatable bonds is 10. The molecule has 0 radical (unpaired) electrons. The van der Waals surface area contributed by atoms with Gasteiger partial charge in [-0.2, -0.15) is 0 Å². The van der Waals surface area contributed by atoms with Gasteiger partial charge in [-0.3, -0.25) is 19.6 Å². The van der Waals surface area contributed by atoms with Crippen LogP contribution >= 0.6 is 22.7 Å². The van der Waals surface area contributed by atoms with Crippen LogP contribution in [0.2, 0.25) is 0 Å². The van der Waals surface area contributed by atoms with Gasteiger partial charge in [-0.05, 0) is 75.8 Å². The standard InChI is InChI=1S/C22H21N7OS.C15H12FN5OS/c1-13-20(14-2-3-14)24-11-28(13)17-6-7-23-18(9-17)22(30)26-15-8-19(31-10-15)21-27-25-12-29(21)16-4-5-16;16-9-3-4-17-12(5-9)15(22)19-10-6-13(23-7-10)14-20-18-8-21(14)11-1-2-11/h6-12,14,16H,2-5H2,1H3,(H,26,30);3-8,11H,1-2H2,(H,19,22). The van der Waals surface area contributed by atoms with E-state index in [4.69, 9.17) is 0 Å². The lowest BCUT2D eigenvalue weighted by Gasteiger charge is -2.08. The van der Waals surface area contributed by atoms with Crippen molar-refractivity contribution in [2.24, 2.45) is 0 Å². The van der Waals surface area contributed by atoms with Gasteiger partial charge in [-0.15, -0.1) is 43.1 Å². The first kappa shape index (κ1) is 33.9. The minimum Gasteiger partial charge on any atom is -0.320 e. The zero-order valence-electron chi connectivity index (χ0n) is 29.0. The van der Waals surface area contributed by atoms with E-state index in [2.05, 4.69) is 62.0 Å². The summed E-state index contributed by atoms with van der Waals surface area (Å²) >= 11 is 3.02. The Morgan fingerprint density at radius 2 is 1.28 bits per heavy atom. The molecular weight excluding hydrogens is 728 g/mol. The molecule has 3 aliphatic carbocycles. The van der Waals surface area contributed by atoms with E-state index in [0.717, 1.165) is 63.1 Å². The number of anilines is 2. The molecule has 7 aromatic rings. The van der Waals surface area contributed by atoms with Crippen molar-refractivity contribution in [2.75, 3.05) is 10.6 Å². The van der Waals surface area contributed by atoms with Gasteiger partial charge >= 0.3 is 0 Å². The molecule has 10 rings (SSSR count). The highest BCUT2D eigenvalue weighted by Crippen LogP contribution is 2.42. The summed E-state index contributed by atoms with van der Waals surface area (Å²) in [4.78, 5) is 39.6. The van der Waals surface area contributed by atoms with E-state index >= 15 is 0 Å².